The van der Waals surface area contributed by atoms with Gasteiger partial charge in [-0.2, -0.15) is 5.26 Å². The van der Waals surface area contributed by atoms with E-state index in [1.54, 1.807) is 4.90 Å². The first kappa shape index (κ1) is 18.4. The van der Waals surface area contributed by atoms with Crippen molar-refractivity contribution in [2.24, 2.45) is 5.92 Å². The van der Waals surface area contributed by atoms with Crippen LogP contribution in [0.2, 0.25) is 0 Å². The van der Waals surface area contributed by atoms with Crippen LogP contribution in [0.15, 0.2) is 22.5 Å². The third-order valence-corrected chi connectivity index (χ3v) is 6.03. The summed E-state index contributed by atoms with van der Waals surface area (Å²) in [6.07, 6.45) is 0.174. The van der Waals surface area contributed by atoms with Gasteiger partial charge in [-0.1, -0.05) is 29.2 Å². The van der Waals surface area contributed by atoms with E-state index < -0.39 is 5.92 Å². The molecule has 0 aliphatic carbocycles. The van der Waals surface area contributed by atoms with Gasteiger partial charge in [0.1, 0.15) is 0 Å². The van der Waals surface area contributed by atoms with Gasteiger partial charge in [0.05, 0.1) is 17.7 Å². The number of carbonyl (C=O) groups excluding carboxylic acids is 2. The van der Waals surface area contributed by atoms with Crippen molar-refractivity contribution in [1.29, 1.82) is 5.26 Å². The molecule has 1 N–H and O–H groups in total. The lowest BCUT2D eigenvalue weighted by Crippen LogP contribution is -2.28. The average molecular weight is 387 g/mol. The molecule has 134 valence electrons. The topological polar surface area (TPSA) is 99.0 Å². The molecule has 0 saturated carbocycles. The Kier molecular flexibility index (Phi) is 5.54. The van der Waals surface area contributed by atoms with Gasteiger partial charge in [0.25, 0.3) is 0 Å². The smallest absolute Gasteiger partial charge is 0.231 e. The first-order valence-corrected chi connectivity index (χ1v) is 9.80. The van der Waals surface area contributed by atoms with Gasteiger partial charge in [0, 0.05) is 18.7 Å². The molecule has 0 bridgehead atoms. The maximum atomic E-state index is 12.5. The molecule has 1 fully saturated rings. The van der Waals surface area contributed by atoms with Crippen molar-refractivity contribution in [2.75, 3.05) is 22.5 Å². The lowest BCUT2D eigenvalue weighted by atomic mass is 10.1. The molecule has 1 aromatic carbocycles. The summed E-state index contributed by atoms with van der Waals surface area (Å²) in [5.74, 6) is -0.443. The second-order valence-electron chi connectivity index (χ2n) is 5.98. The number of nitrogens with zero attached hydrogens (tertiary/aromatic N) is 4. The van der Waals surface area contributed by atoms with E-state index >= 15 is 0 Å². The van der Waals surface area contributed by atoms with Crippen molar-refractivity contribution in [2.45, 2.75) is 24.6 Å². The van der Waals surface area contributed by atoms with Crippen LogP contribution in [0.5, 0.6) is 0 Å². The van der Waals surface area contributed by atoms with Gasteiger partial charge < -0.3 is 10.2 Å². The molecule has 7 nitrogen and oxygen atoms in total. The van der Waals surface area contributed by atoms with Crippen LogP contribution in [-0.2, 0) is 9.59 Å². The highest BCUT2D eigenvalue weighted by molar-refractivity contribution is 8.01. The van der Waals surface area contributed by atoms with Gasteiger partial charge in [-0.3, -0.25) is 9.59 Å². The highest BCUT2D eigenvalue weighted by atomic mass is 32.2. The van der Waals surface area contributed by atoms with Crippen LogP contribution in [-0.4, -0.2) is 34.3 Å². The van der Waals surface area contributed by atoms with Crippen molar-refractivity contribution in [3.63, 3.8) is 0 Å². The molecule has 0 spiro atoms. The molecule has 26 heavy (non-hydrogen) atoms. The van der Waals surface area contributed by atoms with Crippen LogP contribution in [0, 0.1) is 31.1 Å². The van der Waals surface area contributed by atoms with Gasteiger partial charge in [-0.05, 0) is 37.1 Å². The number of aryl methyl sites for hydroxylation is 2. The molecule has 2 amide bonds. The minimum absolute atomic E-state index is 0.0593. The molecule has 1 aliphatic rings. The Morgan fingerprint density at radius 1 is 1.42 bits per heavy atom. The Labute approximate surface area is 159 Å². The Bertz CT molecular complexity index is 890. The Hall–Kier alpha value is -2.44. The van der Waals surface area contributed by atoms with E-state index in [0.717, 1.165) is 16.8 Å². The van der Waals surface area contributed by atoms with Crippen molar-refractivity contribution >= 4 is 45.7 Å². The summed E-state index contributed by atoms with van der Waals surface area (Å²) < 4.78 is 0.626. The molecular weight excluding hydrogens is 370 g/mol. The zero-order valence-electron chi connectivity index (χ0n) is 14.4. The first-order valence-electron chi connectivity index (χ1n) is 7.99. The van der Waals surface area contributed by atoms with E-state index in [1.807, 2.05) is 38.1 Å². The van der Waals surface area contributed by atoms with Crippen molar-refractivity contribution < 1.29 is 9.59 Å². The van der Waals surface area contributed by atoms with E-state index in [9.17, 15) is 9.59 Å². The van der Waals surface area contributed by atoms with Crippen LogP contribution in [0.4, 0.5) is 10.8 Å². The standard InChI is InChI=1S/C17H17N5O2S2/c1-10-3-4-13(7-11(10)2)22-9-12(8-14(22)23)15(24)19-16-20-21-17(26-16)25-6-5-18/h3-4,7,12H,6,8-9H2,1-2H3,(H,19,20,24)/t12-/m0/s1. The second-order valence-corrected chi connectivity index (χ2v) is 8.18. The minimum atomic E-state index is -0.428. The van der Waals surface area contributed by atoms with Gasteiger partial charge in [-0.15, -0.1) is 10.2 Å². The van der Waals surface area contributed by atoms with E-state index in [-0.39, 0.29) is 24.0 Å². The molecule has 0 unspecified atom stereocenters. The zero-order valence-corrected chi connectivity index (χ0v) is 16.0. The van der Waals surface area contributed by atoms with Crippen molar-refractivity contribution in [1.82, 2.24) is 10.2 Å². The molecule has 1 aromatic heterocycles. The molecule has 2 aromatic rings. The highest BCUT2D eigenvalue weighted by Gasteiger charge is 2.35. The Morgan fingerprint density at radius 3 is 2.96 bits per heavy atom. The lowest BCUT2D eigenvalue weighted by molar-refractivity contribution is -0.122. The molecule has 2 heterocycles. The monoisotopic (exact) mass is 387 g/mol. The van der Waals surface area contributed by atoms with E-state index in [0.29, 0.717) is 16.0 Å². The third kappa shape index (κ3) is 4.03. The summed E-state index contributed by atoms with van der Waals surface area (Å²) in [6.45, 7) is 4.37. The summed E-state index contributed by atoms with van der Waals surface area (Å²) in [6, 6.07) is 7.87. The Morgan fingerprint density at radius 2 is 2.23 bits per heavy atom. The SMILES string of the molecule is Cc1ccc(N2C[C@@H](C(=O)Nc3nnc(SCC#N)s3)CC2=O)cc1C. The van der Waals surface area contributed by atoms with Crippen LogP contribution in [0.1, 0.15) is 17.5 Å². The lowest BCUT2D eigenvalue weighted by Gasteiger charge is -2.17. The van der Waals surface area contributed by atoms with E-state index in [2.05, 4.69) is 15.5 Å². The molecule has 9 heteroatoms. The molecule has 1 atom stereocenters. The fourth-order valence-electron chi connectivity index (χ4n) is 2.65. The van der Waals surface area contributed by atoms with Crippen LogP contribution in [0.3, 0.4) is 0 Å². The molecular formula is C17H17N5O2S2. The molecule has 0 radical (unpaired) electrons. The highest BCUT2D eigenvalue weighted by Crippen LogP contribution is 2.29. The average Bonchev–Trinajstić information content (AvgIpc) is 3.22. The van der Waals surface area contributed by atoms with Crippen molar-refractivity contribution in [3.05, 3.63) is 29.3 Å². The summed E-state index contributed by atoms with van der Waals surface area (Å²) in [4.78, 5) is 26.5. The van der Waals surface area contributed by atoms with Crippen LogP contribution in [0.25, 0.3) is 0 Å². The number of nitriles is 1. The number of anilines is 2. The number of rotatable bonds is 5. The largest absolute Gasteiger partial charge is 0.312 e. The third-order valence-electron chi connectivity index (χ3n) is 4.19. The van der Waals surface area contributed by atoms with Crippen LogP contribution >= 0.6 is 23.1 Å². The van der Waals surface area contributed by atoms with Gasteiger partial charge in [0.2, 0.25) is 16.9 Å². The van der Waals surface area contributed by atoms with Gasteiger partial charge in [-0.25, -0.2) is 0 Å². The maximum Gasteiger partial charge on any atom is 0.231 e. The van der Waals surface area contributed by atoms with E-state index in [1.165, 1.54) is 23.1 Å². The zero-order chi connectivity index (χ0) is 18.7. The first-order chi connectivity index (χ1) is 12.5. The van der Waals surface area contributed by atoms with Crippen LogP contribution < -0.4 is 10.2 Å². The number of thioether (sulfide) groups is 1. The predicted molar refractivity (Wildman–Crippen MR) is 101 cm³/mol. The van der Waals surface area contributed by atoms with E-state index in [4.69, 9.17) is 5.26 Å². The molecule has 1 saturated heterocycles. The normalized spacial score (nSPS) is 16.6. The van der Waals surface area contributed by atoms with Gasteiger partial charge >= 0.3 is 0 Å². The summed E-state index contributed by atoms with van der Waals surface area (Å²) in [5, 5.41) is 19.5. The number of carbonyl (C=O) groups is 2. The predicted octanol–water partition coefficient (Wildman–Crippen LogP) is 2.76. The number of benzene rings is 1. The minimum Gasteiger partial charge on any atom is -0.312 e. The molecule has 1 aliphatic heterocycles. The second kappa shape index (κ2) is 7.85. The number of hydrogen-bond acceptors (Lipinski definition) is 7. The fraction of sp³-hybridized carbons (Fsp3) is 0.353. The van der Waals surface area contributed by atoms with Crippen molar-refractivity contribution in [3.8, 4) is 6.07 Å². The maximum absolute atomic E-state index is 12.5. The van der Waals surface area contributed by atoms with Gasteiger partial charge in [0.15, 0.2) is 4.34 Å². The quantitative estimate of drug-likeness (QED) is 0.626. The molecule has 3 rings (SSSR count). The number of nitrogens with one attached hydrogen (secondary N) is 1. The number of hydrogen-bond donors (Lipinski definition) is 1. The Balaban J connectivity index is 1.64. The fourth-order valence-corrected chi connectivity index (χ4v) is 4.06. The summed E-state index contributed by atoms with van der Waals surface area (Å²) in [5.41, 5.74) is 3.09. The number of amides is 2. The summed E-state index contributed by atoms with van der Waals surface area (Å²) >= 11 is 2.49. The summed E-state index contributed by atoms with van der Waals surface area (Å²) in [7, 11) is 0. The number of aromatic nitrogens is 2.